The lowest BCUT2D eigenvalue weighted by Gasteiger charge is -2.08. The van der Waals surface area contributed by atoms with Crippen LogP contribution in [-0.2, 0) is 0 Å². The van der Waals surface area contributed by atoms with Gasteiger partial charge in [-0.3, -0.25) is 4.79 Å². The third-order valence-corrected chi connectivity index (χ3v) is 2.85. The zero-order chi connectivity index (χ0) is 13.3. The number of para-hydroxylation sites is 1. The number of rotatable bonds is 3. The Morgan fingerprint density at radius 3 is 2.72 bits per heavy atom. The largest absolute Gasteiger partial charge is 0.495 e. The number of amides is 1. The monoisotopic (exact) mass is 246 g/mol. The number of carbonyl (C=O) groups excluding carboxylic acids is 1. The van der Waals surface area contributed by atoms with E-state index in [2.05, 4.69) is 10.3 Å². The average Bonchev–Trinajstić information content (AvgIpc) is 2.63. The summed E-state index contributed by atoms with van der Waals surface area (Å²) in [4.78, 5) is 15.4. The molecule has 0 bridgehead atoms. The highest BCUT2D eigenvalue weighted by Gasteiger charge is 2.18. The number of fused-ring (bicyclic) bond motifs is 1. The molecule has 1 aromatic carbocycles. The Balaban J connectivity index is 2.57. The van der Waals surface area contributed by atoms with Gasteiger partial charge in [0.25, 0.3) is 5.91 Å². The van der Waals surface area contributed by atoms with Crippen LogP contribution in [-0.4, -0.2) is 24.0 Å². The van der Waals surface area contributed by atoms with E-state index in [4.69, 9.17) is 4.74 Å². The summed E-state index contributed by atoms with van der Waals surface area (Å²) in [6.07, 6.45) is 0. The van der Waals surface area contributed by atoms with Crippen molar-refractivity contribution in [1.29, 1.82) is 0 Å². The second-order valence-electron chi connectivity index (χ2n) is 4.64. The van der Waals surface area contributed by atoms with E-state index in [1.807, 2.05) is 39.0 Å². The summed E-state index contributed by atoms with van der Waals surface area (Å²) in [6.45, 7) is 5.79. The third-order valence-electron chi connectivity index (χ3n) is 2.85. The molecule has 2 aromatic rings. The quantitative estimate of drug-likeness (QED) is 0.874. The fourth-order valence-corrected chi connectivity index (χ4v) is 2.12. The highest BCUT2D eigenvalue weighted by Crippen LogP contribution is 2.29. The molecule has 0 atom stereocenters. The summed E-state index contributed by atoms with van der Waals surface area (Å²) in [5.74, 6) is 0.696. The van der Waals surface area contributed by atoms with Crippen LogP contribution in [0.5, 0.6) is 5.75 Å². The maximum Gasteiger partial charge on any atom is 0.253 e. The molecule has 0 radical (unpaired) electrons. The molecule has 0 aliphatic rings. The van der Waals surface area contributed by atoms with Crippen molar-refractivity contribution in [3.63, 3.8) is 0 Å². The van der Waals surface area contributed by atoms with E-state index >= 15 is 0 Å². The number of H-pyrrole nitrogens is 1. The van der Waals surface area contributed by atoms with E-state index in [9.17, 15) is 4.79 Å². The molecule has 0 fully saturated rings. The normalized spacial score (nSPS) is 10.9. The van der Waals surface area contributed by atoms with Gasteiger partial charge in [0.1, 0.15) is 5.75 Å². The Kier molecular flexibility index (Phi) is 3.28. The van der Waals surface area contributed by atoms with Crippen LogP contribution in [0.4, 0.5) is 0 Å². The van der Waals surface area contributed by atoms with Crippen LogP contribution in [0.25, 0.3) is 10.9 Å². The van der Waals surface area contributed by atoms with E-state index < -0.39 is 0 Å². The van der Waals surface area contributed by atoms with Crippen LogP contribution >= 0.6 is 0 Å². The molecular formula is C14H18N2O2. The van der Waals surface area contributed by atoms with E-state index in [0.29, 0.717) is 5.56 Å². The van der Waals surface area contributed by atoms with Crippen molar-refractivity contribution in [3.8, 4) is 5.75 Å². The van der Waals surface area contributed by atoms with Gasteiger partial charge >= 0.3 is 0 Å². The summed E-state index contributed by atoms with van der Waals surface area (Å²) in [5, 5.41) is 3.81. The SMILES string of the molecule is COc1cccc2c(C(=O)NC(C)C)c(C)[nH]c12. The Bertz CT molecular complexity index is 585. The molecule has 0 saturated carbocycles. The molecule has 2 rings (SSSR count). The van der Waals surface area contributed by atoms with Crippen LogP contribution in [0.1, 0.15) is 29.9 Å². The zero-order valence-corrected chi connectivity index (χ0v) is 11.1. The molecule has 0 unspecified atom stereocenters. The summed E-state index contributed by atoms with van der Waals surface area (Å²) in [5.41, 5.74) is 2.41. The predicted octanol–water partition coefficient (Wildman–Crippen LogP) is 2.62. The zero-order valence-electron chi connectivity index (χ0n) is 11.1. The molecule has 0 saturated heterocycles. The van der Waals surface area contributed by atoms with Gasteiger partial charge in [0.15, 0.2) is 0 Å². The molecular weight excluding hydrogens is 228 g/mol. The minimum atomic E-state index is -0.0537. The number of aryl methyl sites for hydroxylation is 1. The van der Waals surface area contributed by atoms with Gasteiger partial charge < -0.3 is 15.0 Å². The number of benzene rings is 1. The average molecular weight is 246 g/mol. The number of hydrogen-bond acceptors (Lipinski definition) is 2. The van der Waals surface area contributed by atoms with E-state index in [1.54, 1.807) is 7.11 Å². The van der Waals surface area contributed by atoms with Gasteiger partial charge in [-0.1, -0.05) is 12.1 Å². The topological polar surface area (TPSA) is 54.1 Å². The Labute approximate surface area is 106 Å². The molecule has 18 heavy (non-hydrogen) atoms. The van der Waals surface area contributed by atoms with E-state index in [1.165, 1.54) is 0 Å². The van der Waals surface area contributed by atoms with Crippen molar-refractivity contribution in [2.75, 3.05) is 7.11 Å². The second kappa shape index (κ2) is 4.72. The smallest absolute Gasteiger partial charge is 0.253 e. The first-order chi connectivity index (χ1) is 8.54. The van der Waals surface area contributed by atoms with Gasteiger partial charge in [-0.15, -0.1) is 0 Å². The summed E-state index contributed by atoms with van der Waals surface area (Å²) < 4.78 is 5.29. The molecule has 4 heteroatoms. The Morgan fingerprint density at radius 2 is 2.11 bits per heavy atom. The number of methoxy groups -OCH3 is 1. The van der Waals surface area contributed by atoms with Crippen LogP contribution < -0.4 is 10.1 Å². The highest BCUT2D eigenvalue weighted by molar-refractivity contribution is 6.09. The second-order valence-corrected chi connectivity index (χ2v) is 4.64. The van der Waals surface area contributed by atoms with Crippen LogP contribution in [0.3, 0.4) is 0 Å². The van der Waals surface area contributed by atoms with Gasteiger partial charge in [0, 0.05) is 17.1 Å². The van der Waals surface area contributed by atoms with Gasteiger partial charge in [-0.25, -0.2) is 0 Å². The van der Waals surface area contributed by atoms with Crippen molar-refractivity contribution in [2.24, 2.45) is 0 Å². The van der Waals surface area contributed by atoms with Crippen LogP contribution in [0.15, 0.2) is 18.2 Å². The van der Waals surface area contributed by atoms with Gasteiger partial charge in [0.05, 0.1) is 18.2 Å². The fraction of sp³-hybridized carbons (Fsp3) is 0.357. The first kappa shape index (κ1) is 12.5. The number of hydrogen-bond donors (Lipinski definition) is 2. The first-order valence-electron chi connectivity index (χ1n) is 6.00. The maximum atomic E-state index is 12.2. The number of carbonyl (C=O) groups is 1. The minimum Gasteiger partial charge on any atom is -0.495 e. The van der Waals surface area contributed by atoms with Crippen molar-refractivity contribution in [2.45, 2.75) is 26.8 Å². The summed E-state index contributed by atoms with van der Waals surface area (Å²) in [7, 11) is 1.62. The van der Waals surface area contributed by atoms with Crippen LogP contribution in [0, 0.1) is 6.92 Å². The predicted molar refractivity (Wildman–Crippen MR) is 72.2 cm³/mol. The minimum absolute atomic E-state index is 0.0537. The molecule has 4 nitrogen and oxygen atoms in total. The molecule has 0 aliphatic carbocycles. The number of ether oxygens (including phenoxy) is 1. The van der Waals surface area contributed by atoms with Gasteiger partial charge in [0.2, 0.25) is 0 Å². The molecule has 1 amide bonds. The highest BCUT2D eigenvalue weighted by atomic mass is 16.5. The molecule has 2 N–H and O–H groups in total. The molecule has 1 heterocycles. The summed E-state index contributed by atoms with van der Waals surface area (Å²) >= 11 is 0. The Hall–Kier alpha value is -1.97. The van der Waals surface area contributed by atoms with Crippen molar-refractivity contribution >= 4 is 16.8 Å². The van der Waals surface area contributed by atoms with Crippen molar-refractivity contribution < 1.29 is 9.53 Å². The lowest BCUT2D eigenvalue weighted by molar-refractivity contribution is 0.0944. The first-order valence-corrected chi connectivity index (χ1v) is 6.00. The lowest BCUT2D eigenvalue weighted by atomic mass is 10.1. The van der Waals surface area contributed by atoms with Crippen molar-refractivity contribution in [1.82, 2.24) is 10.3 Å². The summed E-state index contributed by atoms with van der Waals surface area (Å²) in [6, 6.07) is 5.81. The van der Waals surface area contributed by atoms with E-state index in [0.717, 1.165) is 22.3 Å². The molecule has 0 spiro atoms. The third kappa shape index (κ3) is 2.06. The molecule has 96 valence electrons. The van der Waals surface area contributed by atoms with Gasteiger partial charge in [-0.2, -0.15) is 0 Å². The lowest BCUT2D eigenvalue weighted by Crippen LogP contribution is -2.30. The number of nitrogens with one attached hydrogen (secondary N) is 2. The molecule has 1 aromatic heterocycles. The van der Waals surface area contributed by atoms with Gasteiger partial charge in [-0.05, 0) is 26.8 Å². The van der Waals surface area contributed by atoms with E-state index in [-0.39, 0.29) is 11.9 Å². The maximum absolute atomic E-state index is 12.2. The fourth-order valence-electron chi connectivity index (χ4n) is 2.12. The molecule has 0 aliphatic heterocycles. The Morgan fingerprint density at radius 1 is 1.39 bits per heavy atom. The standard InChI is InChI=1S/C14H18N2O2/c1-8(2)15-14(17)12-9(3)16-13-10(12)6-5-7-11(13)18-4/h5-8,16H,1-4H3,(H,15,17). The van der Waals surface area contributed by atoms with Crippen molar-refractivity contribution in [3.05, 3.63) is 29.5 Å². The number of aromatic nitrogens is 1. The van der Waals surface area contributed by atoms with Crippen LogP contribution in [0.2, 0.25) is 0 Å². The number of aromatic amines is 1.